The summed E-state index contributed by atoms with van der Waals surface area (Å²) in [4.78, 5) is 0. The zero-order chi connectivity index (χ0) is 9.52. The molecule has 13 heavy (non-hydrogen) atoms. The van der Waals surface area contributed by atoms with Gasteiger partial charge in [0.25, 0.3) is 0 Å². The Kier molecular flexibility index (Phi) is 4.58. The standard InChI is InChI=1S/C11H19NO/c1-10(12-13)6-4-2-3-5-7-11-8-9-11/h8,13H,2-7,9H2,1H3. The molecule has 1 aliphatic rings. The Balaban J connectivity index is 1.80. The molecule has 0 spiro atoms. The van der Waals surface area contributed by atoms with E-state index in [-0.39, 0.29) is 0 Å². The first-order valence-electron chi connectivity index (χ1n) is 5.18. The van der Waals surface area contributed by atoms with Gasteiger partial charge >= 0.3 is 0 Å². The third kappa shape index (κ3) is 5.45. The third-order valence-electron chi connectivity index (χ3n) is 2.45. The lowest BCUT2D eigenvalue weighted by Gasteiger charge is -1.99. The van der Waals surface area contributed by atoms with E-state index in [9.17, 15) is 0 Å². The lowest BCUT2D eigenvalue weighted by atomic mass is 10.1. The van der Waals surface area contributed by atoms with Gasteiger partial charge in [-0.05, 0) is 39.0 Å². The smallest absolute Gasteiger partial charge is 0.0540 e. The van der Waals surface area contributed by atoms with Crippen molar-refractivity contribution in [3.8, 4) is 0 Å². The summed E-state index contributed by atoms with van der Waals surface area (Å²) < 4.78 is 0. The Morgan fingerprint density at radius 2 is 2.08 bits per heavy atom. The Morgan fingerprint density at radius 1 is 1.38 bits per heavy atom. The maximum atomic E-state index is 8.40. The highest BCUT2D eigenvalue weighted by Gasteiger charge is 2.05. The van der Waals surface area contributed by atoms with E-state index in [0.717, 1.165) is 18.6 Å². The summed E-state index contributed by atoms with van der Waals surface area (Å²) in [6.07, 6.45) is 10.9. The highest BCUT2D eigenvalue weighted by atomic mass is 16.4. The van der Waals surface area contributed by atoms with Gasteiger partial charge < -0.3 is 5.21 Å². The van der Waals surface area contributed by atoms with E-state index in [1.165, 1.54) is 32.1 Å². The molecule has 0 aromatic rings. The molecule has 0 atom stereocenters. The molecule has 2 heteroatoms. The Labute approximate surface area is 80.3 Å². The fraction of sp³-hybridized carbons (Fsp3) is 0.727. The van der Waals surface area contributed by atoms with Crippen molar-refractivity contribution in [2.75, 3.05) is 0 Å². The fourth-order valence-corrected chi connectivity index (χ4v) is 1.41. The molecule has 0 heterocycles. The molecule has 2 nitrogen and oxygen atoms in total. The molecule has 0 aliphatic heterocycles. The summed E-state index contributed by atoms with van der Waals surface area (Å²) in [6.45, 7) is 1.87. The summed E-state index contributed by atoms with van der Waals surface area (Å²) in [5.41, 5.74) is 2.50. The van der Waals surface area contributed by atoms with Gasteiger partial charge in [-0.2, -0.15) is 0 Å². The van der Waals surface area contributed by atoms with E-state index in [4.69, 9.17) is 5.21 Å². The van der Waals surface area contributed by atoms with Crippen LogP contribution in [0.3, 0.4) is 0 Å². The first-order chi connectivity index (χ1) is 6.33. The van der Waals surface area contributed by atoms with Crippen LogP contribution in [0.25, 0.3) is 0 Å². The summed E-state index contributed by atoms with van der Waals surface area (Å²) in [6, 6.07) is 0. The highest BCUT2D eigenvalue weighted by Crippen LogP contribution is 2.24. The number of allylic oxidation sites excluding steroid dienone is 2. The molecule has 0 bridgehead atoms. The predicted molar refractivity (Wildman–Crippen MR) is 55.3 cm³/mol. The molecule has 0 unspecified atom stereocenters. The van der Waals surface area contributed by atoms with Crippen LogP contribution in [0.15, 0.2) is 16.8 Å². The van der Waals surface area contributed by atoms with Crippen molar-refractivity contribution in [2.24, 2.45) is 5.16 Å². The lowest BCUT2D eigenvalue weighted by Crippen LogP contribution is -1.90. The highest BCUT2D eigenvalue weighted by molar-refractivity contribution is 5.81. The molecule has 0 radical (unpaired) electrons. The summed E-state index contributed by atoms with van der Waals surface area (Å²) >= 11 is 0. The molecule has 0 saturated heterocycles. The summed E-state index contributed by atoms with van der Waals surface area (Å²) in [5.74, 6) is 0. The molecule has 0 aromatic heterocycles. The van der Waals surface area contributed by atoms with Crippen LogP contribution in [-0.4, -0.2) is 10.9 Å². The molecular formula is C11H19NO. The molecular weight excluding hydrogens is 162 g/mol. The third-order valence-corrected chi connectivity index (χ3v) is 2.45. The molecule has 1 rings (SSSR count). The van der Waals surface area contributed by atoms with Crippen molar-refractivity contribution in [1.29, 1.82) is 0 Å². The van der Waals surface area contributed by atoms with Crippen LogP contribution < -0.4 is 0 Å². The number of rotatable bonds is 7. The van der Waals surface area contributed by atoms with Crippen molar-refractivity contribution in [2.45, 2.75) is 51.9 Å². The molecule has 0 fully saturated rings. The zero-order valence-electron chi connectivity index (χ0n) is 8.42. The molecule has 0 aromatic carbocycles. The zero-order valence-corrected chi connectivity index (χ0v) is 8.42. The number of hydrogen-bond acceptors (Lipinski definition) is 2. The van der Waals surface area contributed by atoms with Gasteiger partial charge in [-0.3, -0.25) is 0 Å². The minimum absolute atomic E-state index is 0.852. The maximum absolute atomic E-state index is 8.40. The molecule has 1 N–H and O–H groups in total. The summed E-state index contributed by atoms with van der Waals surface area (Å²) in [5, 5.41) is 11.6. The monoisotopic (exact) mass is 181 g/mol. The first-order valence-corrected chi connectivity index (χ1v) is 5.18. The molecule has 74 valence electrons. The first kappa shape index (κ1) is 10.3. The maximum Gasteiger partial charge on any atom is 0.0540 e. The van der Waals surface area contributed by atoms with Crippen LogP contribution in [0.4, 0.5) is 0 Å². The van der Waals surface area contributed by atoms with E-state index in [1.807, 2.05) is 6.92 Å². The average Bonchev–Trinajstić information content (AvgIpc) is 2.94. The van der Waals surface area contributed by atoms with E-state index < -0.39 is 0 Å². The second kappa shape index (κ2) is 5.79. The number of nitrogens with zero attached hydrogens (tertiary/aromatic N) is 1. The predicted octanol–water partition coefficient (Wildman–Crippen LogP) is 3.51. The second-order valence-corrected chi connectivity index (χ2v) is 3.82. The van der Waals surface area contributed by atoms with Crippen molar-refractivity contribution in [1.82, 2.24) is 0 Å². The summed E-state index contributed by atoms with van der Waals surface area (Å²) in [7, 11) is 0. The fourth-order valence-electron chi connectivity index (χ4n) is 1.41. The van der Waals surface area contributed by atoms with Gasteiger partial charge in [0.1, 0.15) is 0 Å². The second-order valence-electron chi connectivity index (χ2n) is 3.82. The minimum atomic E-state index is 0.852. The van der Waals surface area contributed by atoms with Gasteiger partial charge in [-0.1, -0.05) is 29.6 Å². The van der Waals surface area contributed by atoms with E-state index in [2.05, 4.69) is 11.2 Å². The van der Waals surface area contributed by atoms with Crippen molar-refractivity contribution in [3.05, 3.63) is 11.6 Å². The van der Waals surface area contributed by atoms with E-state index in [1.54, 1.807) is 5.57 Å². The Bertz CT molecular complexity index is 206. The van der Waals surface area contributed by atoms with Gasteiger partial charge in [-0.15, -0.1) is 0 Å². The molecule has 0 saturated carbocycles. The Hall–Kier alpha value is -0.790. The quantitative estimate of drug-likeness (QED) is 0.210. The van der Waals surface area contributed by atoms with E-state index in [0.29, 0.717) is 0 Å². The van der Waals surface area contributed by atoms with Gasteiger partial charge in [0.2, 0.25) is 0 Å². The molecule has 0 amide bonds. The van der Waals surface area contributed by atoms with Gasteiger partial charge in [0.15, 0.2) is 0 Å². The van der Waals surface area contributed by atoms with Crippen molar-refractivity contribution < 1.29 is 5.21 Å². The largest absolute Gasteiger partial charge is 0.411 e. The molecule has 1 aliphatic carbocycles. The van der Waals surface area contributed by atoms with Crippen LogP contribution in [0.5, 0.6) is 0 Å². The number of unbranched alkanes of at least 4 members (excludes halogenated alkanes) is 3. The van der Waals surface area contributed by atoms with Crippen molar-refractivity contribution in [3.63, 3.8) is 0 Å². The van der Waals surface area contributed by atoms with Crippen LogP contribution in [0, 0.1) is 0 Å². The average molecular weight is 181 g/mol. The van der Waals surface area contributed by atoms with Gasteiger partial charge in [0, 0.05) is 0 Å². The van der Waals surface area contributed by atoms with Crippen molar-refractivity contribution >= 4 is 5.71 Å². The lowest BCUT2D eigenvalue weighted by molar-refractivity contribution is 0.317. The van der Waals surface area contributed by atoms with E-state index >= 15 is 0 Å². The SMILES string of the molecule is CC(CCCCCCC1=CC1)=NO. The normalized spacial score (nSPS) is 15.8. The van der Waals surface area contributed by atoms with Gasteiger partial charge in [0.05, 0.1) is 5.71 Å². The van der Waals surface area contributed by atoms with Crippen LogP contribution in [0.1, 0.15) is 51.9 Å². The Morgan fingerprint density at radius 3 is 2.69 bits per heavy atom. The van der Waals surface area contributed by atoms with Crippen LogP contribution in [0.2, 0.25) is 0 Å². The van der Waals surface area contributed by atoms with Crippen LogP contribution >= 0.6 is 0 Å². The number of hydrogen-bond donors (Lipinski definition) is 1. The van der Waals surface area contributed by atoms with Gasteiger partial charge in [-0.25, -0.2) is 0 Å². The number of oxime groups is 1. The topological polar surface area (TPSA) is 32.6 Å². The minimum Gasteiger partial charge on any atom is -0.411 e. The van der Waals surface area contributed by atoms with Crippen LogP contribution in [-0.2, 0) is 0 Å².